The van der Waals surface area contributed by atoms with Crippen molar-refractivity contribution in [2.45, 2.75) is 51.7 Å². The molecule has 0 fully saturated rings. The van der Waals surface area contributed by atoms with Gasteiger partial charge in [0.15, 0.2) is 0 Å². The van der Waals surface area contributed by atoms with Crippen LogP contribution in [0.15, 0.2) is 0 Å². The van der Waals surface area contributed by atoms with Gasteiger partial charge in [0.25, 0.3) is 0 Å². The molecule has 0 spiro atoms. The molecule has 0 heterocycles. The zero-order valence-corrected chi connectivity index (χ0v) is 8.25. The van der Waals surface area contributed by atoms with E-state index in [1.165, 1.54) is 0 Å². The van der Waals surface area contributed by atoms with Crippen molar-refractivity contribution in [3.8, 4) is 0 Å². The normalized spacial score (nSPS) is 14.5. The number of hydrogen-bond acceptors (Lipinski definition) is 1. The molecule has 0 aromatic rings. The van der Waals surface area contributed by atoms with E-state index in [9.17, 15) is 13.2 Å². The average Bonchev–Trinajstić information content (AvgIpc) is 2.01. The summed E-state index contributed by atoms with van der Waals surface area (Å²) in [5.41, 5.74) is 0. The van der Waals surface area contributed by atoms with E-state index in [0.29, 0.717) is 13.0 Å². The Morgan fingerprint density at radius 3 is 2.15 bits per heavy atom. The lowest BCUT2D eigenvalue weighted by Crippen LogP contribution is -2.42. The second-order valence-corrected chi connectivity index (χ2v) is 3.15. The molecule has 0 aliphatic rings. The van der Waals surface area contributed by atoms with Crippen LogP contribution in [0.4, 0.5) is 13.2 Å². The molecular weight excluding hydrogens is 179 g/mol. The van der Waals surface area contributed by atoms with Crippen LogP contribution < -0.4 is 5.32 Å². The summed E-state index contributed by atoms with van der Waals surface area (Å²) in [5, 5.41) is 2.46. The van der Waals surface area contributed by atoms with Gasteiger partial charge in [-0.2, -0.15) is 13.2 Å². The van der Waals surface area contributed by atoms with E-state index >= 15 is 0 Å². The minimum atomic E-state index is -4.09. The van der Waals surface area contributed by atoms with Gasteiger partial charge < -0.3 is 5.32 Å². The Morgan fingerprint density at radius 2 is 1.77 bits per heavy atom. The summed E-state index contributed by atoms with van der Waals surface area (Å²) in [6, 6.07) is -1.32. The summed E-state index contributed by atoms with van der Waals surface area (Å²) in [5.74, 6) is 0. The second-order valence-electron chi connectivity index (χ2n) is 3.15. The van der Waals surface area contributed by atoms with Gasteiger partial charge in [0.2, 0.25) is 0 Å². The molecule has 1 atom stereocenters. The SMILES string of the molecule is CCCCCC(NCC)C(F)(F)F. The zero-order chi connectivity index (χ0) is 10.3. The van der Waals surface area contributed by atoms with Crippen LogP contribution in [-0.2, 0) is 0 Å². The predicted octanol–water partition coefficient (Wildman–Crippen LogP) is 3.11. The fraction of sp³-hybridized carbons (Fsp3) is 1.00. The monoisotopic (exact) mass is 197 g/mol. The average molecular weight is 197 g/mol. The van der Waals surface area contributed by atoms with Gasteiger partial charge in [0, 0.05) is 0 Å². The summed E-state index contributed by atoms with van der Waals surface area (Å²) in [6.45, 7) is 4.05. The fourth-order valence-corrected chi connectivity index (χ4v) is 1.23. The van der Waals surface area contributed by atoms with Crippen molar-refractivity contribution in [1.29, 1.82) is 0 Å². The minimum absolute atomic E-state index is 0.200. The lowest BCUT2D eigenvalue weighted by atomic mass is 10.1. The molecule has 0 aromatic carbocycles. The van der Waals surface area contributed by atoms with Crippen LogP contribution in [0.5, 0.6) is 0 Å². The first kappa shape index (κ1) is 12.8. The molecule has 1 N–H and O–H groups in total. The highest BCUT2D eigenvalue weighted by Crippen LogP contribution is 2.23. The van der Waals surface area contributed by atoms with Crippen LogP contribution in [-0.4, -0.2) is 18.8 Å². The van der Waals surface area contributed by atoms with Gasteiger partial charge in [0.05, 0.1) is 0 Å². The van der Waals surface area contributed by atoms with Crippen molar-refractivity contribution < 1.29 is 13.2 Å². The largest absolute Gasteiger partial charge is 0.403 e. The Morgan fingerprint density at radius 1 is 1.15 bits per heavy atom. The molecule has 0 saturated heterocycles. The van der Waals surface area contributed by atoms with Crippen LogP contribution in [0.3, 0.4) is 0 Å². The molecule has 0 bridgehead atoms. The molecule has 0 saturated carbocycles. The molecule has 1 unspecified atom stereocenters. The molecule has 0 aliphatic heterocycles. The third kappa shape index (κ3) is 5.91. The molecule has 0 amide bonds. The zero-order valence-electron chi connectivity index (χ0n) is 8.25. The van der Waals surface area contributed by atoms with Crippen LogP contribution in [0.2, 0.25) is 0 Å². The van der Waals surface area contributed by atoms with Crippen LogP contribution in [0.1, 0.15) is 39.5 Å². The maximum atomic E-state index is 12.3. The highest BCUT2D eigenvalue weighted by Gasteiger charge is 2.38. The Labute approximate surface area is 77.7 Å². The first-order chi connectivity index (χ1) is 6.02. The Balaban J connectivity index is 3.81. The molecule has 1 nitrogen and oxygen atoms in total. The van der Waals surface area contributed by atoms with Crippen molar-refractivity contribution in [2.75, 3.05) is 6.54 Å². The van der Waals surface area contributed by atoms with E-state index < -0.39 is 12.2 Å². The molecule has 4 heteroatoms. The van der Waals surface area contributed by atoms with E-state index in [2.05, 4.69) is 5.32 Å². The van der Waals surface area contributed by atoms with Crippen molar-refractivity contribution in [1.82, 2.24) is 5.32 Å². The minimum Gasteiger partial charge on any atom is -0.306 e. The fourth-order valence-electron chi connectivity index (χ4n) is 1.23. The second kappa shape index (κ2) is 6.24. The summed E-state index contributed by atoms with van der Waals surface area (Å²) in [6.07, 6.45) is -1.42. The standard InChI is InChI=1S/C9H18F3N/c1-3-5-6-7-8(13-4-2)9(10,11)12/h8,13H,3-7H2,1-2H3. The van der Waals surface area contributed by atoms with Gasteiger partial charge in [-0.3, -0.25) is 0 Å². The van der Waals surface area contributed by atoms with E-state index in [1.54, 1.807) is 6.92 Å². The Bertz CT molecular complexity index is 123. The molecule has 13 heavy (non-hydrogen) atoms. The third-order valence-electron chi connectivity index (χ3n) is 1.94. The quantitative estimate of drug-likeness (QED) is 0.645. The van der Waals surface area contributed by atoms with Crippen molar-refractivity contribution in [3.05, 3.63) is 0 Å². The van der Waals surface area contributed by atoms with Gasteiger partial charge in [0.1, 0.15) is 6.04 Å². The van der Waals surface area contributed by atoms with Crippen LogP contribution in [0, 0.1) is 0 Å². The molecule has 80 valence electrons. The summed E-state index contributed by atoms with van der Waals surface area (Å²) in [7, 11) is 0. The molecule has 0 rings (SSSR count). The van der Waals surface area contributed by atoms with Crippen LogP contribution >= 0.6 is 0 Å². The molecule has 0 aliphatic carbocycles. The first-order valence-corrected chi connectivity index (χ1v) is 4.82. The van der Waals surface area contributed by atoms with Gasteiger partial charge in [-0.15, -0.1) is 0 Å². The lowest BCUT2D eigenvalue weighted by molar-refractivity contribution is -0.157. The number of rotatable bonds is 6. The maximum absolute atomic E-state index is 12.3. The summed E-state index contributed by atoms with van der Waals surface area (Å²) in [4.78, 5) is 0. The predicted molar refractivity (Wildman–Crippen MR) is 47.7 cm³/mol. The van der Waals surface area contributed by atoms with Crippen molar-refractivity contribution >= 4 is 0 Å². The molecule has 0 radical (unpaired) electrons. The number of hydrogen-bond donors (Lipinski definition) is 1. The third-order valence-corrected chi connectivity index (χ3v) is 1.94. The van der Waals surface area contributed by atoms with E-state index in [1.807, 2.05) is 6.92 Å². The Hall–Kier alpha value is -0.250. The topological polar surface area (TPSA) is 12.0 Å². The number of halogens is 3. The van der Waals surface area contributed by atoms with Gasteiger partial charge in [-0.1, -0.05) is 33.1 Å². The number of nitrogens with one attached hydrogen (secondary N) is 1. The van der Waals surface area contributed by atoms with E-state index in [4.69, 9.17) is 0 Å². The number of alkyl halides is 3. The number of unbranched alkanes of at least 4 members (excludes halogenated alkanes) is 2. The summed E-state index contributed by atoms with van der Waals surface area (Å²) < 4.78 is 36.8. The van der Waals surface area contributed by atoms with Crippen molar-refractivity contribution in [3.63, 3.8) is 0 Å². The molecular formula is C9H18F3N. The smallest absolute Gasteiger partial charge is 0.306 e. The van der Waals surface area contributed by atoms with Crippen molar-refractivity contribution in [2.24, 2.45) is 0 Å². The Kier molecular flexibility index (Phi) is 6.12. The highest BCUT2D eigenvalue weighted by atomic mass is 19.4. The van der Waals surface area contributed by atoms with E-state index in [-0.39, 0.29) is 6.42 Å². The van der Waals surface area contributed by atoms with Crippen LogP contribution in [0.25, 0.3) is 0 Å². The summed E-state index contributed by atoms with van der Waals surface area (Å²) >= 11 is 0. The van der Waals surface area contributed by atoms with Gasteiger partial charge in [-0.25, -0.2) is 0 Å². The maximum Gasteiger partial charge on any atom is 0.403 e. The van der Waals surface area contributed by atoms with E-state index in [0.717, 1.165) is 12.8 Å². The molecule has 0 aromatic heterocycles. The van der Waals surface area contributed by atoms with Gasteiger partial charge in [-0.05, 0) is 13.0 Å². The van der Waals surface area contributed by atoms with Gasteiger partial charge >= 0.3 is 6.18 Å². The highest BCUT2D eigenvalue weighted by molar-refractivity contribution is 4.74. The first-order valence-electron chi connectivity index (χ1n) is 4.82. The lowest BCUT2D eigenvalue weighted by Gasteiger charge is -2.20.